The van der Waals surface area contributed by atoms with Crippen molar-refractivity contribution in [2.45, 2.75) is 67.4 Å². The zero-order valence-corrected chi connectivity index (χ0v) is 27.5. The van der Waals surface area contributed by atoms with Gasteiger partial charge in [0, 0.05) is 41.1 Å². The molecule has 3 saturated heterocycles. The maximum atomic E-state index is 14.8. The van der Waals surface area contributed by atoms with Crippen molar-refractivity contribution in [2.24, 2.45) is 17.8 Å². The van der Waals surface area contributed by atoms with Crippen LogP contribution in [0, 0.1) is 17.8 Å². The highest BCUT2D eigenvalue weighted by Gasteiger charge is 2.76. The molecule has 4 rings (SSSR count). The number of esters is 1. The molecule has 8 nitrogen and oxygen atoms in total. The molecule has 3 fully saturated rings. The maximum Gasteiger partial charge on any atom is 0.310 e. The van der Waals surface area contributed by atoms with Crippen molar-refractivity contribution in [3.05, 3.63) is 49.6 Å². The first-order chi connectivity index (χ1) is 20.1. The Morgan fingerprint density at radius 2 is 1.83 bits per heavy atom. The number of aliphatic hydroxyl groups is 1. The molecule has 230 valence electrons. The summed E-state index contributed by atoms with van der Waals surface area (Å²) in [7, 11) is 0. The number of anilines is 2. The number of nitrogens with zero attached hydrogens (tertiary/aromatic N) is 3. The fourth-order valence-electron chi connectivity index (χ4n) is 6.96. The highest BCUT2D eigenvalue weighted by molar-refractivity contribution is 9.09. The monoisotopic (exact) mass is 661 g/mol. The first-order valence-electron chi connectivity index (χ1n) is 14.9. The second-order valence-electron chi connectivity index (χ2n) is 11.6. The Morgan fingerprint density at radius 1 is 1.19 bits per heavy atom. The molecule has 7 atom stereocenters. The fraction of sp³-hybridized carbons (Fsp3) is 0.594. The van der Waals surface area contributed by atoms with Crippen LogP contribution in [0.5, 0.6) is 0 Å². The molecule has 2 amide bonds. The predicted octanol–water partition coefficient (Wildman–Crippen LogP) is 4.65. The molecule has 0 aromatic heterocycles. The summed E-state index contributed by atoms with van der Waals surface area (Å²) in [6.45, 7) is 17.6. The molecule has 0 radical (unpaired) electrons. The topological polar surface area (TPSA) is 90.4 Å². The number of aliphatic hydroxyl groups excluding tert-OH is 1. The highest BCUT2D eigenvalue weighted by atomic mass is 79.9. The van der Waals surface area contributed by atoms with E-state index in [1.165, 1.54) is 0 Å². The number of alkyl halides is 1. The number of hydrogen-bond acceptors (Lipinski definition) is 7. The van der Waals surface area contributed by atoms with Gasteiger partial charge in [0.25, 0.3) is 5.91 Å². The molecule has 1 N–H and O–H groups in total. The third-order valence-corrected chi connectivity index (χ3v) is 12.2. The maximum absolute atomic E-state index is 14.8. The summed E-state index contributed by atoms with van der Waals surface area (Å²) in [4.78, 5) is 48.2. The van der Waals surface area contributed by atoms with Crippen LogP contribution in [0.2, 0.25) is 0 Å². The van der Waals surface area contributed by atoms with Gasteiger partial charge in [-0.2, -0.15) is 0 Å². The van der Waals surface area contributed by atoms with Crippen LogP contribution in [0.1, 0.15) is 40.5 Å². The van der Waals surface area contributed by atoms with E-state index in [9.17, 15) is 19.5 Å². The van der Waals surface area contributed by atoms with Crippen LogP contribution in [-0.4, -0.2) is 87.5 Å². The molecule has 10 heteroatoms. The minimum absolute atomic E-state index is 0.0633. The number of benzene rings is 1. The lowest BCUT2D eigenvalue weighted by atomic mass is 9.71. The van der Waals surface area contributed by atoms with Gasteiger partial charge in [0.05, 0.1) is 35.8 Å². The van der Waals surface area contributed by atoms with Crippen LogP contribution >= 0.6 is 27.7 Å². The molecule has 3 aliphatic heterocycles. The van der Waals surface area contributed by atoms with Gasteiger partial charge < -0.3 is 24.5 Å². The molecule has 0 aliphatic carbocycles. The van der Waals surface area contributed by atoms with Crippen molar-refractivity contribution in [3.8, 4) is 0 Å². The molecule has 3 aliphatic rings. The van der Waals surface area contributed by atoms with E-state index in [1.54, 1.807) is 33.7 Å². The lowest BCUT2D eigenvalue weighted by Crippen LogP contribution is -2.59. The number of carbonyl (C=O) groups is 3. The Kier molecular flexibility index (Phi) is 10.5. The van der Waals surface area contributed by atoms with E-state index in [0.29, 0.717) is 18.5 Å². The van der Waals surface area contributed by atoms with Crippen molar-refractivity contribution in [1.82, 2.24) is 4.90 Å². The molecule has 3 unspecified atom stereocenters. The molecule has 42 heavy (non-hydrogen) atoms. The number of rotatable bonds is 14. The first-order valence-corrected chi connectivity index (χ1v) is 16.7. The molecular formula is C32H44BrN3O5S. The minimum atomic E-state index is -0.863. The van der Waals surface area contributed by atoms with E-state index in [0.717, 1.165) is 18.8 Å². The second kappa shape index (κ2) is 13.6. The van der Waals surface area contributed by atoms with Gasteiger partial charge in [-0.05, 0) is 56.9 Å². The van der Waals surface area contributed by atoms with E-state index in [2.05, 4.69) is 47.8 Å². The van der Waals surface area contributed by atoms with E-state index in [-0.39, 0.29) is 47.6 Å². The summed E-state index contributed by atoms with van der Waals surface area (Å²) in [5.74, 6) is -2.39. The quantitative estimate of drug-likeness (QED) is 0.134. The third kappa shape index (κ3) is 5.54. The average molecular weight is 663 g/mol. The van der Waals surface area contributed by atoms with Crippen molar-refractivity contribution < 1.29 is 24.2 Å². The van der Waals surface area contributed by atoms with Gasteiger partial charge in [-0.3, -0.25) is 14.4 Å². The Bertz CT molecular complexity index is 1180. The third-order valence-electron chi connectivity index (χ3n) is 8.98. The number of fused-ring (bicyclic) bond motifs is 1. The largest absolute Gasteiger partial charge is 0.465 e. The van der Waals surface area contributed by atoms with Crippen LogP contribution in [0.3, 0.4) is 0 Å². The Labute approximate surface area is 262 Å². The zero-order valence-electron chi connectivity index (χ0n) is 25.1. The van der Waals surface area contributed by atoms with Crippen molar-refractivity contribution in [2.75, 3.05) is 42.6 Å². The lowest BCUT2D eigenvalue weighted by molar-refractivity contribution is -0.154. The fourth-order valence-corrected chi connectivity index (χ4v) is 10.5. The van der Waals surface area contributed by atoms with Gasteiger partial charge in [0.2, 0.25) is 5.91 Å². The molecular weight excluding hydrogens is 618 g/mol. The number of amides is 2. The van der Waals surface area contributed by atoms with Crippen molar-refractivity contribution >= 4 is 56.9 Å². The Morgan fingerprint density at radius 3 is 2.38 bits per heavy atom. The highest BCUT2D eigenvalue weighted by Crippen LogP contribution is 2.68. The first kappa shape index (κ1) is 32.6. The van der Waals surface area contributed by atoms with Crippen LogP contribution < -0.4 is 9.80 Å². The lowest BCUT2D eigenvalue weighted by Gasteiger charge is -2.41. The molecule has 1 aromatic rings. The van der Waals surface area contributed by atoms with Gasteiger partial charge in [-0.25, -0.2) is 0 Å². The summed E-state index contributed by atoms with van der Waals surface area (Å²) in [6.07, 6.45) is 4.45. The molecule has 0 saturated carbocycles. The van der Waals surface area contributed by atoms with E-state index in [1.807, 2.05) is 38.1 Å². The molecule has 1 spiro atoms. The van der Waals surface area contributed by atoms with Crippen LogP contribution in [0.4, 0.5) is 11.4 Å². The number of carbonyl (C=O) groups excluding carboxylic acids is 3. The smallest absolute Gasteiger partial charge is 0.310 e. The predicted molar refractivity (Wildman–Crippen MR) is 173 cm³/mol. The summed E-state index contributed by atoms with van der Waals surface area (Å²) >= 11 is 5.36. The van der Waals surface area contributed by atoms with Gasteiger partial charge >= 0.3 is 5.97 Å². The summed E-state index contributed by atoms with van der Waals surface area (Å²) in [5, 5.41) is 10.3. The van der Waals surface area contributed by atoms with Gasteiger partial charge in [0.15, 0.2) is 0 Å². The number of hydrogen-bond donors (Lipinski definition) is 1. The van der Waals surface area contributed by atoms with Gasteiger partial charge in [-0.1, -0.05) is 41.9 Å². The van der Waals surface area contributed by atoms with Crippen LogP contribution in [0.25, 0.3) is 0 Å². The number of halogens is 1. The van der Waals surface area contributed by atoms with Crippen LogP contribution in [0.15, 0.2) is 49.6 Å². The van der Waals surface area contributed by atoms with Crippen LogP contribution in [-0.2, 0) is 19.1 Å². The number of ether oxygens (including phenoxy) is 1. The van der Waals surface area contributed by atoms with Crippen molar-refractivity contribution in [3.63, 3.8) is 0 Å². The Hall–Kier alpha value is -2.30. The minimum Gasteiger partial charge on any atom is -0.465 e. The number of likely N-dealkylation sites (tertiary alicyclic amines) is 1. The van der Waals surface area contributed by atoms with Crippen molar-refractivity contribution in [1.29, 1.82) is 0 Å². The number of thioether (sulfide) groups is 1. The summed E-state index contributed by atoms with van der Waals surface area (Å²) in [5.41, 5.74) is 1.78. The normalized spacial score (nSPS) is 28.5. The average Bonchev–Trinajstić information content (AvgIpc) is 3.56. The van der Waals surface area contributed by atoms with Gasteiger partial charge in [0.1, 0.15) is 6.04 Å². The van der Waals surface area contributed by atoms with E-state index < -0.39 is 34.6 Å². The standard InChI is InChI=1S/C32H44BrN3O5S/c1-7-11-17-41-31(40)25-26-29(38)36(24(19-37)20(5)6)28(32(26)18-23(33)27(25)42-32)30(39)35(16-8-2)22-14-12-21(13-15-22)34(9-3)10-4/h7-8,12-15,20,23-28,37H,1-2,9-11,16-19H2,3-6H3/t23?,24-,25+,26-,27+,28?,32?/m0/s1. The molecule has 2 bridgehead atoms. The summed E-state index contributed by atoms with van der Waals surface area (Å²) < 4.78 is 4.78. The second-order valence-corrected chi connectivity index (χ2v) is 14.3. The van der Waals surface area contributed by atoms with Gasteiger partial charge in [-0.15, -0.1) is 24.9 Å². The van der Waals surface area contributed by atoms with E-state index in [4.69, 9.17) is 4.74 Å². The summed E-state index contributed by atoms with van der Waals surface area (Å²) in [6, 6.07) is 6.45. The molecule has 3 heterocycles. The SMILES string of the molecule is C=CCCOC(=O)[C@H]1[C@@H]2SC3(CC2Br)C(C(=O)N(CC=C)c2ccc(N(CC)CC)cc2)N([C@@H](CO)C(C)C)C(=O)[C@H]13. The molecule has 1 aromatic carbocycles. The zero-order chi connectivity index (χ0) is 30.8. The Balaban J connectivity index is 1.79. The van der Waals surface area contributed by atoms with E-state index >= 15 is 0 Å².